The molecule has 2 aliphatic rings. The smallest absolute Gasteiger partial charge is 0.382 e. The Balaban J connectivity index is 1.22. The molecule has 4 rings (SSSR count). The highest BCUT2D eigenvalue weighted by atomic mass is 32.2. The quantitative estimate of drug-likeness (QED) is 0.575. The highest BCUT2D eigenvalue weighted by molar-refractivity contribution is 7.88. The van der Waals surface area contributed by atoms with Crippen LogP contribution in [0.4, 0.5) is 24.5 Å². The van der Waals surface area contributed by atoms with Crippen molar-refractivity contribution in [2.45, 2.75) is 50.9 Å². The van der Waals surface area contributed by atoms with E-state index in [2.05, 4.69) is 10.2 Å². The van der Waals surface area contributed by atoms with Gasteiger partial charge in [-0.1, -0.05) is 24.3 Å². The van der Waals surface area contributed by atoms with E-state index < -0.39 is 21.8 Å². The average molecular weight is 512 g/mol. The van der Waals surface area contributed by atoms with Crippen LogP contribution >= 0.6 is 0 Å². The number of piperazine rings is 1. The molecule has 1 aliphatic heterocycles. The summed E-state index contributed by atoms with van der Waals surface area (Å²) in [5.74, 6) is -0.339. The third-order valence-corrected chi connectivity index (χ3v) is 8.38. The van der Waals surface area contributed by atoms with Crippen molar-refractivity contribution < 1.29 is 26.3 Å². The average Bonchev–Trinajstić information content (AvgIpc) is 2.85. The van der Waals surface area contributed by atoms with E-state index in [1.54, 1.807) is 6.07 Å². The lowest BCUT2D eigenvalue weighted by Gasteiger charge is -2.36. The molecule has 1 aliphatic carbocycles. The number of nitrogens with zero attached hydrogens (tertiary/aromatic N) is 2. The molecule has 0 aromatic heterocycles. The molecule has 0 spiro atoms. The number of nitrogens with one attached hydrogen (secondary N) is 1. The van der Waals surface area contributed by atoms with Crippen molar-refractivity contribution in [1.82, 2.24) is 4.31 Å². The zero-order valence-electron chi connectivity index (χ0n) is 19.8. The first-order valence-electron chi connectivity index (χ1n) is 12.0. The van der Waals surface area contributed by atoms with Crippen LogP contribution in [-0.4, -0.2) is 57.0 Å². The van der Waals surface area contributed by atoms with Gasteiger partial charge in [-0.15, -0.1) is 0 Å². The molecule has 0 amide bonds. The second kappa shape index (κ2) is 10.8. The van der Waals surface area contributed by atoms with Crippen LogP contribution in [0.15, 0.2) is 48.5 Å². The van der Waals surface area contributed by atoms with Gasteiger partial charge in [0.1, 0.15) is 0 Å². The van der Waals surface area contributed by atoms with E-state index in [4.69, 9.17) is 4.74 Å². The van der Waals surface area contributed by atoms with E-state index in [1.165, 1.54) is 17.3 Å². The second-order valence-electron chi connectivity index (χ2n) is 9.26. The fourth-order valence-electron chi connectivity index (χ4n) is 4.75. The van der Waals surface area contributed by atoms with Crippen LogP contribution in [0.3, 0.4) is 0 Å². The molecule has 1 saturated carbocycles. The topological polar surface area (TPSA) is 61.9 Å². The molecule has 6 nitrogen and oxygen atoms in total. The number of alkyl halides is 3. The van der Waals surface area contributed by atoms with Gasteiger partial charge >= 0.3 is 6.18 Å². The standard InChI is InChI=1S/C25H32F3N3O3S/c1-19-7-8-21(17-24(19)25(26,27)28)29-20-9-11-23(12-10-20)34-18-35(32,33)31-15-13-30(14-16-31)22-5-3-2-4-6-22/h2-8,17,20,23,29H,9-16,18H2,1H3. The second-order valence-corrected chi connectivity index (χ2v) is 11.2. The fraction of sp³-hybridized carbons (Fsp3) is 0.520. The van der Waals surface area contributed by atoms with Crippen molar-refractivity contribution >= 4 is 21.4 Å². The number of sulfonamides is 1. The third kappa shape index (κ3) is 6.68. The number of benzene rings is 2. The number of aryl methyl sites for hydroxylation is 1. The van der Waals surface area contributed by atoms with Crippen LogP contribution in [0.1, 0.15) is 36.8 Å². The zero-order valence-corrected chi connectivity index (χ0v) is 20.6. The predicted molar refractivity (Wildman–Crippen MR) is 131 cm³/mol. The Labute approximate surface area is 205 Å². The van der Waals surface area contributed by atoms with Crippen molar-refractivity contribution in [3.63, 3.8) is 0 Å². The lowest BCUT2D eigenvalue weighted by Crippen LogP contribution is -2.49. The number of ether oxygens (including phenoxy) is 1. The summed E-state index contributed by atoms with van der Waals surface area (Å²) in [6.07, 6.45) is -1.82. The highest BCUT2D eigenvalue weighted by Crippen LogP contribution is 2.34. The van der Waals surface area contributed by atoms with Crippen LogP contribution in [0.5, 0.6) is 0 Å². The maximum Gasteiger partial charge on any atom is 0.416 e. The molecular weight excluding hydrogens is 479 g/mol. The molecule has 35 heavy (non-hydrogen) atoms. The Hall–Kier alpha value is -2.30. The van der Waals surface area contributed by atoms with Gasteiger partial charge in [-0.3, -0.25) is 0 Å². The predicted octanol–water partition coefficient (Wildman–Crippen LogP) is 4.86. The van der Waals surface area contributed by atoms with Crippen molar-refractivity contribution in [1.29, 1.82) is 0 Å². The number of hydrogen-bond donors (Lipinski definition) is 1. The monoisotopic (exact) mass is 511 g/mol. The molecule has 2 fully saturated rings. The molecular formula is C25H32F3N3O3S. The molecule has 2 aromatic rings. The Kier molecular flexibility index (Phi) is 7.92. The summed E-state index contributed by atoms with van der Waals surface area (Å²) in [4.78, 5) is 2.17. The molecule has 1 saturated heterocycles. The van der Waals surface area contributed by atoms with E-state index in [9.17, 15) is 21.6 Å². The molecule has 0 bridgehead atoms. The number of para-hydroxylation sites is 1. The molecule has 192 valence electrons. The fourth-order valence-corrected chi connectivity index (χ4v) is 5.98. The van der Waals surface area contributed by atoms with E-state index in [1.807, 2.05) is 30.3 Å². The van der Waals surface area contributed by atoms with Gasteiger partial charge in [-0.05, 0) is 62.4 Å². The Morgan fingerprint density at radius 3 is 2.26 bits per heavy atom. The molecule has 0 radical (unpaired) electrons. The van der Waals surface area contributed by atoms with Gasteiger partial charge in [0, 0.05) is 43.6 Å². The van der Waals surface area contributed by atoms with Crippen molar-refractivity contribution in [3.05, 3.63) is 59.7 Å². The first kappa shape index (κ1) is 25.8. The molecule has 2 aromatic carbocycles. The van der Waals surface area contributed by atoms with E-state index >= 15 is 0 Å². The molecule has 0 unspecified atom stereocenters. The summed E-state index contributed by atoms with van der Waals surface area (Å²) in [5.41, 5.74) is 1.10. The minimum Gasteiger partial charge on any atom is -0.382 e. The SMILES string of the molecule is Cc1ccc(NC2CCC(OCS(=O)(=O)N3CCN(c4ccccc4)CC3)CC2)cc1C(F)(F)F. The normalized spacial score (nSPS) is 22.2. The maximum atomic E-state index is 13.2. The molecule has 1 heterocycles. The van der Waals surface area contributed by atoms with E-state index in [-0.39, 0.29) is 23.6 Å². The van der Waals surface area contributed by atoms with Crippen LogP contribution in [0.2, 0.25) is 0 Å². The minimum absolute atomic E-state index is 0.0290. The number of hydrogen-bond acceptors (Lipinski definition) is 5. The first-order chi connectivity index (χ1) is 16.6. The summed E-state index contributed by atoms with van der Waals surface area (Å²) in [5, 5.41) is 3.20. The van der Waals surface area contributed by atoms with Gasteiger partial charge in [0.15, 0.2) is 5.94 Å². The van der Waals surface area contributed by atoms with Gasteiger partial charge in [-0.2, -0.15) is 17.5 Å². The Morgan fingerprint density at radius 2 is 1.63 bits per heavy atom. The number of rotatable bonds is 7. The summed E-state index contributed by atoms with van der Waals surface area (Å²) in [6.45, 7) is 3.57. The summed E-state index contributed by atoms with van der Waals surface area (Å²) in [6, 6.07) is 14.3. The first-order valence-corrected chi connectivity index (χ1v) is 13.6. The van der Waals surface area contributed by atoms with E-state index in [0.29, 0.717) is 57.5 Å². The summed E-state index contributed by atoms with van der Waals surface area (Å²) >= 11 is 0. The van der Waals surface area contributed by atoms with Crippen LogP contribution < -0.4 is 10.2 Å². The van der Waals surface area contributed by atoms with Crippen LogP contribution in [0.25, 0.3) is 0 Å². The molecule has 0 atom stereocenters. The Bertz CT molecular complexity index is 1080. The van der Waals surface area contributed by atoms with Gasteiger partial charge in [0.25, 0.3) is 0 Å². The summed E-state index contributed by atoms with van der Waals surface area (Å²) < 4.78 is 72.4. The van der Waals surface area contributed by atoms with Crippen molar-refractivity contribution in [2.75, 3.05) is 42.3 Å². The van der Waals surface area contributed by atoms with Crippen molar-refractivity contribution in [2.24, 2.45) is 0 Å². The van der Waals surface area contributed by atoms with Crippen LogP contribution in [0, 0.1) is 6.92 Å². The largest absolute Gasteiger partial charge is 0.416 e. The van der Waals surface area contributed by atoms with Crippen LogP contribution in [-0.2, 0) is 20.9 Å². The highest BCUT2D eigenvalue weighted by Gasteiger charge is 2.33. The number of anilines is 2. The lowest BCUT2D eigenvalue weighted by molar-refractivity contribution is -0.138. The zero-order chi connectivity index (χ0) is 25.1. The lowest BCUT2D eigenvalue weighted by atomic mass is 9.92. The Morgan fingerprint density at radius 1 is 0.971 bits per heavy atom. The van der Waals surface area contributed by atoms with E-state index in [0.717, 1.165) is 11.8 Å². The maximum absolute atomic E-state index is 13.2. The molecule has 10 heteroatoms. The summed E-state index contributed by atoms with van der Waals surface area (Å²) in [7, 11) is -3.51. The minimum atomic E-state index is -4.38. The van der Waals surface area contributed by atoms with Gasteiger partial charge < -0.3 is 15.0 Å². The van der Waals surface area contributed by atoms with Gasteiger partial charge in [0.05, 0.1) is 11.7 Å². The van der Waals surface area contributed by atoms with Gasteiger partial charge in [-0.25, -0.2) is 8.42 Å². The van der Waals surface area contributed by atoms with Crippen molar-refractivity contribution in [3.8, 4) is 0 Å². The third-order valence-electron chi connectivity index (χ3n) is 6.79. The molecule has 1 N–H and O–H groups in total. The van der Waals surface area contributed by atoms with Gasteiger partial charge in [0.2, 0.25) is 10.0 Å². The number of halogens is 3.